The number of benzene rings is 2. The zero-order valence-electron chi connectivity index (χ0n) is 17.9. The zero-order valence-corrected chi connectivity index (χ0v) is 18.7. The number of nitrogens with zero attached hydrogens (tertiary/aromatic N) is 3. The second-order valence-corrected chi connectivity index (χ2v) is 8.98. The third-order valence-electron chi connectivity index (χ3n) is 4.57. The molecule has 2 aromatic carbocycles. The Kier molecular flexibility index (Phi) is 6.80. The van der Waals surface area contributed by atoms with Crippen molar-refractivity contribution >= 4 is 23.3 Å². The number of halogens is 1. The summed E-state index contributed by atoms with van der Waals surface area (Å²) in [4.78, 5) is 28.1. The first-order valence-corrected chi connectivity index (χ1v) is 10.7. The van der Waals surface area contributed by atoms with Gasteiger partial charge in [0.25, 0.3) is 5.91 Å². The van der Waals surface area contributed by atoms with Crippen molar-refractivity contribution in [1.82, 2.24) is 19.8 Å². The SMILES string of the molecule is Cc1ccc(CN(C(=O)c2csnn2)[C@H](C(=O)NC(C)(C)C)c2ccccc2F)cc1. The molecule has 3 rings (SSSR count). The van der Waals surface area contributed by atoms with Crippen LogP contribution >= 0.6 is 11.5 Å². The van der Waals surface area contributed by atoms with Crippen LogP contribution in [0.15, 0.2) is 53.9 Å². The molecule has 0 spiro atoms. The quantitative estimate of drug-likeness (QED) is 0.621. The summed E-state index contributed by atoms with van der Waals surface area (Å²) in [5, 5.41) is 8.28. The largest absolute Gasteiger partial charge is 0.349 e. The van der Waals surface area contributed by atoms with Crippen molar-refractivity contribution in [2.75, 3.05) is 0 Å². The van der Waals surface area contributed by atoms with E-state index < -0.39 is 29.2 Å². The Morgan fingerprint density at radius 2 is 1.81 bits per heavy atom. The highest BCUT2D eigenvalue weighted by Gasteiger charge is 2.36. The second kappa shape index (κ2) is 9.34. The van der Waals surface area contributed by atoms with Gasteiger partial charge in [-0.3, -0.25) is 9.59 Å². The maximum Gasteiger partial charge on any atom is 0.276 e. The van der Waals surface area contributed by atoms with E-state index in [-0.39, 0.29) is 17.8 Å². The van der Waals surface area contributed by atoms with Gasteiger partial charge in [-0.2, -0.15) is 0 Å². The summed E-state index contributed by atoms with van der Waals surface area (Å²) < 4.78 is 18.6. The molecule has 3 aromatic rings. The van der Waals surface area contributed by atoms with E-state index in [9.17, 15) is 14.0 Å². The first-order chi connectivity index (χ1) is 14.7. The number of amides is 2. The van der Waals surface area contributed by atoms with E-state index in [1.165, 1.54) is 22.4 Å². The Labute approximate surface area is 185 Å². The normalized spacial score (nSPS) is 12.3. The molecule has 1 heterocycles. The fourth-order valence-corrected chi connectivity index (χ4v) is 3.59. The van der Waals surface area contributed by atoms with Crippen LogP contribution in [0.25, 0.3) is 0 Å². The molecule has 0 radical (unpaired) electrons. The van der Waals surface area contributed by atoms with Crippen molar-refractivity contribution in [1.29, 1.82) is 0 Å². The molecule has 0 saturated heterocycles. The lowest BCUT2D eigenvalue weighted by molar-refractivity contribution is -0.127. The van der Waals surface area contributed by atoms with Gasteiger partial charge in [-0.15, -0.1) is 5.10 Å². The van der Waals surface area contributed by atoms with E-state index in [1.807, 2.05) is 52.0 Å². The Morgan fingerprint density at radius 1 is 1.13 bits per heavy atom. The Hall–Kier alpha value is -3.13. The minimum Gasteiger partial charge on any atom is -0.349 e. The molecule has 0 aliphatic rings. The van der Waals surface area contributed by atoms with Gasteiger partial charge in [0.15, 0.2) is 5.69 Å². The molecule has 6 nitrogen and oxygen atoms in total. The van der Waals surface area contributed by atoms with Gasteiger partial charge in [-0.1, -0.05) is 52.5 Å². The lowest BCUT2D eigenvalue weighted by Crippen LogP contribution is -2.49. The lowest BCUT2D eigenvalue weighted by atomic mass is 10.00. The van der Waals surface area contributed by atoms with Crippen LogP contribution in [0.3, 0.4) is 0 Å². The van der Waals surface area contributed by atoms with Crippen molar-refractivity contribution in [2.45, 2.75) is 45.8 Å². The van der Waals surface area contributed by atoms with Gasteiger partial charge in [0, 0.05) is 23.0 Å². The zero-order chi connectivity index (χ0) is 22.6. The van der Waals surface area contributed by atoms with E-state index in [4.69, 9.17) is 0 Å². The maximum absolute atomic E-state index is 14.8. The molecule has 0 fully saturated rings. The van der Waals surface area contributed by atoms with E-state index >= 15 is 0 Å². The minimum atomic E-state index is -1.18. The fraction of sp³-hybridized carbons (Fsp3) is 0.304. The van der Waals surface area contributed by atoms with Crippen molar-refractivity contribution in [3.8, 4) is 0 Å². The van der Waals surface area contributed by atoms with Crippen molar-refractivity contribution < 1.29 is 14.0 Å². The summed E-state index contributed by atoms with van der Waals surface area (Å²) in [6.07, 6.45) is 0. The summed E-state index contributed by atoms with van der Waals surface area (Å²) in [5.74, 6) is -1.53. The summed E-state index contributed by atoms with van der Waals surface area (Å²) >= 11 is 1.04. The van der Waals surface area contributed by atoms with Gasteiger partial charge >= 0.3 is 0 Å². The third-order valence-corrected chi connectivity index (χ3v) is 5.08. The molecular weight excluding hydrogens is 415 g/mol. The van der Waals surface area contributed by atoms with E-state index in [0.29, 0.717) is 0 Å². The highest BCUT2D eigenvalue weighted by Crippen LogP contribution is 2.28. The number of carbonyl (C=O) groups excluding carboxylic acids is 2. The van der Waals surface area contributed by atoms with Crippen LogP contribution in [-0.4, -0.2) is 31.8 Å². The minimum absolute atomic E-state index is 0.104. The highest BCUT2D eigenvalue weighted by molar-refractivity contribution is 7.03. The number of hydrogen-bond acceptors (Lipinski definition) is 5. The molecule has 1 atom stereocenters. The van der Waals surface area contributed by atoms with Gasteiger partial charge in [0.2, 0.25) is 5.91 Å². The van der Waals surface area contributed by atoms with Crippen molar-refractivity contribution in [3.05, 3.63) is 82.1 Å². The first-order valence-electron chi connectivity index (χ1n) is 9.86. The van der Waals surface area contributed by atoms with Gasteiger partial charge in [-0.25, -0.2) is 4.39 Å². The molecule has 0 aliphatic carbocycles. The van der Waals surface area contributed by atoms with Crippen LogP contribution in [0.1, 0.15) is 54.0 Å². The lowest BCUT2D eigenvalue weighted by Gasteiger charge is -2.33. The van der Waals surface area contributed by atoms with Crippen LogP contribution in [-0.2, 0) is 11.3 Å². The van der Waals surface area contributed by atoms with Gasteiger partial charge in [0.05, 0.1) is 0 Å². The molecule has 31 heavy (non-hydrogen) atoms. The number of aromatic nitrogens is 2. The summed E-state index contributed by atoms with van der Waals surface area (Å²) in [6, 6.07) is 12.4. The second-order valence-electron chi connectivity index (χ2n) is 8.37. The van der Waals surface area contributed by atoms with E-state index in [0.717, 1.165) is 22.7 Å². The predicted octanol–water partition coefficient (Wildman–Crippen LogP) is 4.28. The molecular formula is C23H25FN4O2S. The summed E-state index contributed by atoms with van der Waals surface area (Å²) in [6.45, 7) is 7.57. The number of rotatable bonds is 6. The number of aryl methyl sites for hydroxylation is 1. The third kappa shape index (κ3) is 5.73. The molecule has 8 heteroatoms. The number of nitrogens with one attached hydrogen (secondary N) is 1. The average molecular weight is 441 g/mol. The average Bonchev–Trinajstić information content (AvgIpc) is 3.23. The molecule has 2 amide bonds. The topological polar surface area (TPSA) is 75.2 Å². The summed E-state index contributed by atoms with van der Waals surface area (Å²) in [7, 11) is 0. The number of hydrogen-bond donors (Lipinski definition) is 1. The monoisotopic (exact) mass is 440 g/mol. The Balaban J connectivity index is 2.11. The summed E-state index contributed by atoms with van der Waals surface area (Å²) in [5.41, 5.74) is 1.55. The van der Waals surface area contributed by atoms with Gasteiger partial charge < -0.3 is 10.2 Å². The maximum atomic E-state index is 14.8. The van der Waals surface area contributed by atoms with Crippen LogP contribution < -0.4 is 5.32 Å². The fourth-order valence-electron chi connectivity index (χ4n) is 3.16. The molecule has 0 bridgehead atoms. The predicted molar refractivity (Wildman–Crippen MR) is 118 cm³/mol. The van der Waals surface area contributed by atoms with E-state index in [1.54, 1.807) is 12.1 Å². The standard InChI is InChI=1S/C23H25FN4O2S/c1-15-9-11-16(12-10-15)13-28(22(30)19-14-31-27-26-19)20(21(29)25-23(2,3)4)17-7-5-6-8-18(17)24/h5-12,14,20H,13H2,1-4H3,(H,25,29)/t20-/m0/s1. The van der Waals surface area contributed by atoms with Crippen LogP contribution in [0.4, 0.5) is 4.39 Å². The molecule has 0 aliphatic heterocycles. The molecule has 0 unspecified atom stereocenters. The molecule has 1 N–H and O–H groups in total. The van der Waals surface area contributed by atoms with Crippen LogP contribution in [0.2, 0.25) is 0 Å². The number of carbonyl (C=O) groups is 2. The highest BCUT2D eigenvalue weighted by atomic mass is 32.1. The Morgan fingerprint density at radius 3 is 2.39 bits per heavy atom. The van der Waals surface area contributed by atoms with Gasteiger partial charge in [0.1, 0.15) is 11.9 Å². The molecule has 0 saturated carbocycles. The molecule has 1 aromatic heterocycles. The van der Waals surface area contributed by atoms with Crippen molar-refractivity contribution in [2.24, 2.45) is 0 Å². The van der Waals surface area contributed by atoms with Crippen molar-refractivity contribution in [3.63, 3.8) is 0 Å². The smallest absolute Gasteiger partial charge is 0.276 e. The van der Waals surface area contributed by atoms with E-state index in [2.05, 4.69) is 14.9 Å². The molecule has 162 valence electrons. The van der Waals surface area contributed by atoms with Crippen LogP contribution in [0.5, 0.6) is 0 Å². The van der Waals surface area contributed by atoms with Crippen LogP contribution in [0, 0.1) is 12.7 Å². The Bertz CT molecular complexity index is 1050. The van der Waals surface area contributed by atoms with Gasteiger partial charge in [-0.05, 0) is 50.9 Å². The first kappa shape index (κ1) is 22.6.